The van der Waals surface area contributed by atoms with Crippen LogP contribution in [0.4, 0.5) is 0 Å². The molecule has 0 aliphatic carbocycles. The van der Waals surface area contributed by atoms with Gasteiger partial charge < -0.3 is 10.1 Å². The van der Waals surface area contributed by atoms with Crippen molar-refractivity contribution in [1.82, 2.24) is 10.3 Å². The maximum Gasteiger partial charge on any atom is 0.232 e. The van der Waals surface area contributed by atoms with Gasteiger partial charge in [-0.25, -0.2) is 4.98 Å². The van der Waals surface area contributed by atoms with Gasteiger partial charge in [0, 0.05) is 17.2 Å². The van der Waals surface area contributed by atoms with E-state index in [1.165, 1.54) is 0 Å². The summed E-state index contributed by atoms with van der Waals surface area (Å²) in [5, 5.41) is 12.2. The number of rotatable bonds is 2. The number of nitriles is 1. The zero-order valence-electron chi connectivity index (χ0n) is 8.74. The number of aromatic nitrogens is 1. The van der Waals surface area contributed by atoms with E-state index in [1.807, 2.05) is 0 Å². The van der Waals surface area contributed by atoms with Crippen molar-refractivity contribution in [1.29, 1.82) is 5.26 Å². The van der Waals surface area contributed by atoms with Crippen LogP contribution in [-0.4, -0.2) is 24.2 Å². The lowest BCUT2D eigenvalue weighted by molar-refractivity contribution is 0.160. The number of hydrogen-bond acceptors (Lipinski definition) is 4. The molecule has 1 aromatic rings. The van der Waals surface area contributed by atoms with E-state index >= 15 is 0 Å². The number of nitrogens with zero attached hydrogens (tertiary/aromatic N) is 2. The molecular formula is C11H12BrN3O. The summed E-state index contributed by atoms with van der Waals surface area (Å²) in [6, 6.07) is 3.81. The molecule has 0 bridgehead atoms. The minimum atomic E-state index is 0.120. The highest BCUT2D eigenvalue weighted by Crippen LogP contribution is 2.21. The van der Waals surface area contributed by atoms with Crippen molar-refractivity contribution in [2.75, 3.05) is 13.1 Å². The van der Waals surface area contributed by atoms with Crippen molar-refractivity contribution in [3.8, 4) is 11.9 Å². The Bertz CT molecular complexity index is 410. The van der Waals surface area contributed by atoms with Crippen LogP contribution < -0.4 is 10.1 Å². The zero-order chi connectivity index (χ0) is 11.4. The molecule has 1 atom stereocenters. The summed E-state index contributed by atoms with van der Waals surface area (Å²) in [6.45, 7) is 1.86. The van der Waals surface area contributed by atoms with E-state index in [0.717, 1.165) is 30.4 Å². The molecule has 16 heavy (non-hydrogen) atoms. The summed E-state index contributed by atoms with van der Waals surface area (Å²) in [5.41, 5.74) is 0.472. The summed E-state index contributed by atoms with van der Waals surface area (Å²) in [4.78, 5) is 4.12. The molecule has 1 fully saturated rings. The summed E-state index contributed by atoms with van der Waals surface area (Å²) < 4.78 is 6.51. The van der Waals surface area contributed by atoms with Crippen LogP contribution in [0.1, 0.15) is 18.4 Å². The number of ether oxygens (including phenoxy) is 1. The second kappa shape index (κ2) is 5.28. The third-order valence-corrected chi connectivity index (χ3v) is 2.90. The molecule has 1 saturated heterocycles. The van der Waals surface area contributed by atoms with Gasteiger partial charge in [-0.1, -0.05) is 0 Å². The first-order valence-corrected chi connectivity index (χ1v) is 6.02. The number of hydrogen-bond donors (Lipinski definition) is 1. The summed E-state index contributed by atoms with van der Waals surface area (Å²) >= 11 is 3.28. The normalized spacial score (nSPS) is 20.1. The number of halogens is 1. The molecule has 1 N–H and O–H groups in total. The van der Waals surface area contributed by atoms with E-state index < -0.39 is 0 Å². The van der Waals surface area contributed by atoms with Gasteiger partial charge in [0.25, 0.3) is 0 Å². The van der Waals surface area contributed by atoms with Crippen LogP contribution in [0, 0.1) is 11.3 Å². The second-order valence-electron chi connectivity index (χ2n) is 3.70. The SMILES string of the molecule is N#Cc1cc(Br)cnc1O[C@H]1CCCNC1. The van der Waals surface area contributed by atoms with Crippen LogP contribution in [-0.2, 0) is 0 Å². The second-order valence-corrected chi connectivity index (χ2v) is 4.62. The lowest BCUT2D eigenvalue weighted by Crippen LogP contribution is -2.37. The summed E-state index contributed by atoms with van der Waals surface area (Å²) in [6.07, 6.45) is 3.88. The van der Waals surface area contributed by atoms with E-state index in [2.05, 4.69) is 32.3 Å². The number of nitrogens with one attached hydrogen (secondary N) is 1. The predicted molar refractivity (Wildman–Crippen MR) is 63.2 cm³/mol. The fourth-order valence-electron chi connectivity index (χ4n) is 1.68. The smallest absolute Gasteiger partial charge is 0.232 e. The molecule has 0 saturated carbocycles. The van der Waals surface area contributed by atoms with Gasteiger partial charge in [0.2, 0.25) is 5.88 Å². The Balaban J connectivity index is 2.11. The highest BCUT2D eigenvalue weighted by molar-refractivity contribution is 9.10. The van der Waals surface area contributed by atoms with Crippen molar-refractivity contribution in [2.45, 2.75) is 18.9 Å². The Kier molecular flexibility index (Phi) is 3.75. The lowest BCUT2D eigenvalue weighted by Gasteiger charge is -2.23. The van der Waals surface area contributed by atoms with Crippen molar-refractivity contribution < 1.29 is 4.74 Å². The third-order valence-electron chi connectivity index (χ3n) is 2.47. The standard InChI is InChI=1S/C11H12BrN3O/c12-9-4-8(5-13)11(15-6-9)16-10-2-1-3-14-7-10/h4,6,10,14H,1-3,7H2/t10-/m0/s1. The van der Waals surface area contributed by atoms with E-state index in [0.29, 0.717) is 11.4 Å². The van der Waals surface area contributed by atoms with E-state index in [-0.39, 0.29) is 6.10 Å². The Morgan fingerprint density at radius 2 is 2.50 bits per heavy atom. The highest BCUT2D eigenvalue weighted by Gasteiger charge is 2.16. The Labute approximate surface area is 103 Å². The summed E-state index contributed by atoms with van der Waals surface area (Å²) in [5.74, 6) is 0.430. The first-order valence-electron chi connectivity index (χ1n) is 5.22. The van der Waals surface area contributed by atoms with Crippen molar-refractivity contribution in [3.05, 3.63) is 22.3 Å². The minimum Gasteiger partial charge on any atom is -0.472 e. The van der Waals surface area contributed by atoms with Gasteiger partial charge in [-0.3, -0.25) is 0 Å². The Hall–Kier alpha value is -1.12. The minimum absolute atomic E-state index is 0.120. The molecule has 4 nitrogen and oxygen atoms in total. The third kappa shape index (κ3) is 2.71. The monoisotopic (exact) mass is 281 g/mol. The molecule has 1 aliphatic rings. The molecule has 1 aromatic heterocycles. The largest absolute Gasteiger partial charge is 0.472 e. The van der Waals surface area contributed by atoms with Gasteiger partial charge in [0.05, 0.1) is 0 Å². The Morgan fingerprint density at radius 1 is 1.62 bits per heavy atom. The van der Waals surface area contributed by atoms with E-state index in [4.69, 9.17) is 10.00 Å². The van der Waals surface area contributed by atoms with Crippen LogP contribution >= 0.6 is 15.9 Å². The van der Waals surface area contributed by atoms with Crippen LogP contribution in [0.15, 0.2) is 16.7 Å². The molecule has 2 heterocycles. The Morgan fingerprint density at radius 3 is 3.19 bits per heavy atom. The zero-order valence-corrected chi connectivity index (χ0v) is 10.3. The maximum atomic E-state index is 8.97. The fourth-order valence-corrected chi connectivity index (χ4v) is 2.01. The number of pyridine rings is 1. The molecule has 0 spiro atoms. The lowest BCUT2D eigenvalue weighted by atomic mass is 10.1. The van der Waals surface area contributed by atoms with Crippen LogP contribution in [0.3, 0.4) is 0 Å². The molecule has 2 rings (SSSR count). The van der Waals surface area contributed by atoms with Gasteiger partial charge in [-0.05, 0) is 41.4 Å². The highest BCUT2D eigenvalue weighted by atomic mass is 79.9. The molecule has 1 aliphatic heterocycles. The van der Waals surface area contributed by atoms with Crippen LogP contribution in [0.25, 0.3) is 0 Å². The van der Waals surface area contributed by atoms with Gasteiger partial charge in [0.1, 0.15) is 17.7 Å². The van der Waals surface area contributed by atoms with E-state index in [9.17, 15) is 0 Å². The van der Waals surface area contributed by atoms with Crippen LogP contribution in [0.2, 0.25) is 0 Å². The quantitative estimate of drug-likeness (QED) is 0.899. The fraction of sp³-hybridized carbons (Fsp3) is 0.455. The topological polar surface area (TPSA) is 57.9 Å². The van der Waals surface area contributed by atoms with Gasteiger partial charge in [0.15, 0.2) is 0 Å². The molecule has 0 amide bonds. The average molecular weight is 282 g/mol. The van der Waals surface area contributed by atoms with Gasteiger partial charge >= 0.3 is 0 Å². The van der Waals surface area contributed by atoms with Gasteiger partial charge in [-0.15, -0.1) is 0 Å². The number of piperidine rings is 1. The molecule has 0 aromatic carbocycles. The first-order chi connectivity index (χ1) is 7.79. The molecule has 0 radical (unpaired) electrons. The van der Waals surface area contributed by atoms with Crippen molar-refractivity contribution >= 4 is 15.9 Å². The summed E-state index contributed by atoms with van der Waals surface area (Å²) in [7, 11) is 0. The van der Waals surface area contributed by atoms with E-state index in [1.54, 1.807) is 12.3 Å². The molecule has 84 valence electrons. The molecular weight excluding hydrogens is 270 g/mol. The van der Waals surface area contributed by atoms with Crippen LogP contribution in [0.5, 0.6) is 5.88 Å². The van der Waals surface area contributed by atoms with Gasteiger partial charge in [-0.2, -0.15) is 5.26 Å². The maximum absolute atomic E-state index is 8.97. The molecule has 5 heteroatoms. The first kappa shape index (κ1) is 11.4. The van der Waals surface area contributed by atoms with Crippen molar-refractivity contribution in [3.63, 3.8) is 0 Å². The van der Waals surface area contributed by atoms with Crippen molar-refractivity contribution in [2.24, 2.45) is 0 Å². The molecule has 0 unspecified atom stereocenters. The average Bonchev–Trinajstić information content (AvgIpc) is 2.33. The predicted octanol–water partition coefficient (Wildman–Crippen LogP) is 1.85.